The molecule has 152 valence electrons. The van der Waals surface area contributed by atoms with E-state index in [4.69, 9.17) is 28.5 Å². The van der Waals surface area contributed by atoms with Crippen molar-refractivity contribution in [3.8, 4) is 11.8 Å². The Bertz CT molecular complexity index is 932. The van der Waals surface area contributed by atoms with Gasteiger partial charge in [-0.15, -0.1) is 18.3 Å². The standard InChI is InChI=1S/C13H5Cl2F6N3O2S2/c1-27(25)11-10(28(26)13(19,20)21)8(4-22)23-24(11)9-6(14)2-5(3-7(9)15)12(16,17)18/h2-3H,1H3. The number of benzene rings is 1. The summed E-state index contributed by atoms with van der Waals surface area (Å²) in [6.45, 7) is 0. The molecule has 28 heavy (non-hydrogen) atoms. The number of halogens is 8. The maximum Gasteiger partial charge on any atom is 0.578 e. The Morgan fingerprint density at radius 3 is 1.96 bits per heavy atom. The van der Waals surface area contributed by atoms with E-state index in [1.165, 1.54) is 6.07 Å². The Morgan fingerprint density at radius 2 is 1.61 bits per heavy atom. The van der Waals surface area contributed by atoms with Crippen LogP contribution in [0.15, 0.2) is 22.1 Å². The summed E-state index contributed by atoms with van der Waals surface area (Å²) in [4.78, 5) is -1.19. The van der Waals surface area contributed by atoms with Crippen molar-refractivity contribution in [1.29, 1.82) is 5.26 Å². The summed E-state index contributed by atoms with van der Waals surface area (Å²) in [5, 5.41) is 10.3. The molecule has 2 aromatic rings. The summed E-state index contributed by atoms with van der Waals surface area (Å²) >= 11 is 5.50. The van der Waals surface area contributed by atoms with Gasteiger partial charge in [0.2, 0.25) is 5.69 Å². The van der Waals surface area contributed by atoms with Crippen LogP contribution >= 0.6 is 23.2 Å². The highest BCUT2D eigenvalue weighted by Crippen LogP contribution is 2.41. The van der Waals surface area contributed by atoms with Gasteiger partial charge >= 0.3 is 16.7 Å². The topological polar surface area (TPSA) is 87.7 Å². The number of aromatic nitrogens is 2. The highest BCUT2D eigenvalue weighted by atomic mass is 35.5. The molecule has 2 atom stereocenters. The quantitative estimate of drug-likeness (QED) is 0.477. The average molecular weight is 484 g/mol. The zero-order valence-corrected chi connectivity index (χ0v) is 16.3. The zero-order chi connectivity index (χ0) is 21.6. The summed E-state index contributed by atoms with van der Waals surface area (Å²) < 4.78 is 102. The van der Waals surface area contributed by atoms with Crippen LogP contribution in [0.2, 0.25) is 10.0 Å². The molecular weight excluding hydrogens is 479 g/mol. The third-order valence-corrected chi connectivity index (χ3v) is 5.94. The third-order valence-electron chi connectivity index (χ3n) is 3.13. The van der Waals surface area contributed by atoms with Crippen molar-refractivity contribution in [2.24, 2.45) is 0 Å². The monoisotopic (exact) mass is 483 g/mol. The van der Waals surface area contributed by atoms with Crippen LogP contribution in [0.3, 0.4) is 0 Å². The molecule has 0 spiro atoms. The van der Waals surface area contributed by atoms with Gasteiger partial charge in [-0.25, -0.2) is 0 Å². The molecule has 15 heteroatoms. The van der Waals surface area contributed by atoms with Crippen molar-refractivity contribution >= 4 is 45.6 Å². The lowest BCUT2D eigenvalue weighted by Gasteiger charge is -2.15. The molecule has 1 aromatic carbocycles. The molecule has 0 saturated carbocycles. The van der Waals surface area contributed by atoms with Gasteiger partial charge in [-0.05, 0) is 12.1 Å². The molecule has 0 radical (unpaired) electrons. The van der Waals surface area contributed by atoms with Gasteiger partial charge in [0.1, 0.15) is 29.2 Å². The SMILES string of the molecule is C[S+]([O-])c1c([S+]([O-])C(F)(F)F)c(C#N)nn1-c1c(Cl)cc(C(F)(F)F)cc1Cl. The van der Waals surface area contributed by atoms with Crippen LogP contribution in [0.5, 0.6) is 0 Å². The van der Waals surface area contributed by atoms with Crippen molar-refractivity contribution in [2.75, 3.05) is 6.26 Å². The van der Waals surface area contributed by atoms with Crippen molar-refractivity contribution in [2.45, 2.75) is 21.6 Å². The van der Waals surface area contributed by atoms with Crippen LogP contribution in [-0.2, 0) is 28.5 Å². The molecule has 2 rings (SSSR count). The van der Waals surface area contributed by atoms with E-state index in [9.17, 15) is 35.4 Å². The molecule has 0 aliphatic carbocycles. The van der Waals surface area contributed by atoms with E-state index in [1.807, 2.05) is 0 Å². The van der Waals surface area contributed by atoms with E-state index < -0.39 is 70.9 Å². The lowest BCUT2D eigenvalue weighted by Crippen LogP contribution is -2.25. The van der Waals surface area contributed by atoms with E-state index in [-0.39, 0.29) is 0 Å². The summed E-state index contributed by atoms with van der Waals surface area (Å²) in [6.07, 6.45) is -3.93. The Labute approximate surface area is 169 Å². The maximum atomic E-state index is 12.9. The molecular formula is C13H5Cl2F6N3O2S2. The molecule has 1 heterocycles. The van der Waals surface area contributed by atoms with Gasteiger partial charge in [0.15, 0.2) is 0 Å². The largest absolute Gasteiger partial charge is 0.610 e. The fourth-order valence-electron chi connectivity index (χ4n) is 2.08. The second kappa shape index (κ2) is 7.85. The number of nitriles is 1. The highest BCUT2D eigenvalue weighted by Gasteiger charge is 2.52. The molecule has 0 bridgehead atoms. The van der Waals surface area contributed by atoms with Crippen LogP contribution in [0, 0.1) is 11.3 Å². The minimum atomic E-state index is -5.32. The van der Waals surface area contributed by atoms with Crippen LogP contribution in [-0.4, -0.2) is 30.7 Å². The van der Waals surface area contributed by atoms with Crippen molar-refractivity contribution < 1.29 is 35.4 Å². The molecule has 1 aromatic heterocycles. The highest BCUT2D eigenvalue weighted by molar-refractivity contribution is 7.94. The predicted octanol–water partition coefficient (Wildman–Crippen LogP) is 4.43. The number of hydrogen-bond donors (Lipinski definition) is 0. The van der Waals surface area contributed by atoms with E-state index in [1.54, 1.807) is 0 Å². The van der Waals surface area contributed by atoms with Gasteiger partial charge < -0.3 is 9.11 Å². The molecule has 0 N–H and O–H groups in total. The second-order valence-corrected chi connectivity index (χ2v) is 8.48. The van der Waals surface area contributed by atoms with Crippen molar-refractivity contribution in [3.05, 3.63) is 33.4 Å². The number of hydrogen-bond acceptors (Lipinski definition) is 4. The first kappa shape index (κ1) is 23.0. The maximum absolute atomic E-state index is 12.9. The van der Waals surface area contributed by atoms with Gasteiger partial charge in [-0.2, -0.15) is 23.1 Å². The Hall–Kier alpha value is -1.30. The van der Waals surface area contributed by atoms with Crippen LogP contribution in [0.1, 0.15) is 11.3 Å². The Balaban J connectivity index is 2.85. The molecule has 0 fully saturated rings. The molecule has 0 amide bonds. The van der Waals surface area contributed by atoms with Gasteiger partial charge in [0, 0.05) is 11.2 Å². The molecule has 2 unspecified atom stereocenters. The summed E-state index contributed by atoms with van der Waals surface area (Å²) in [6, 6.07) is 2.14. The summed E-state index contributed by atoms with van der Waals surface area (Å²) in [7, 11) is 0. The van der Waals surface area contributed by atoms with Crippen LogP contribution < -0.4 is 0 Å². The van der Waals surface area contributed by atoms with E-state index >= 15 is 0 Å². The normalized spacial score (nSPS) is 14.6. The minimum absolute atomic E-state index is 0.429. The third kappa shape index (κ3) is 4.32. The van der Waals surface area contributed by atoms with E-state index in [0.717, 1.165) is 6.26 Å². The van der Waals surface area contributed by atoms with Gasteiger partial charge in [-0.1, -0.05) is 23.2 Å². The van der Waals surface area contributed by atoms with E-state index in [0.29, 0.717) is 16.8 Å². The Kier molecular flexibility index (Phi) is 6.44. The number of rotatable bonds is 3. The van der Waals surface area contributed by atoms with Gasteiger partial charge in [0.05, 0.1) is 15.6 Å². The molecule has 5 nitrogen and oxygen atoms in total. The lowest BCUT2D eigenvalue weighted by atomic mass is 10.2. The molecule has 0 saturated heterocycles. The van der Waals surface area contributed by atoms with Crippen LogP contribution in [0.25, 0.3) is 5.69 Å². The molecule has 0 aliphatic heterocycles. The Morgan fingerprint density at radius 1 is 1.11 bits per heavy atom. The minimum Gasteiger partial charge on any atom is -0.610 e. The summed E-state index contributed by atoms with van der Waals surface area (Å²) in [5.41, 5.74) is -8.12. The van der Waals surface area contributed by atoms with Crippen molar-refractivity contribution in [3.63, 3.8) is 0 Å². The zero-order valence-electron chi connectivity index (χ0n) is 13.2. The molecule has 0 aliphatic rings. The average Bonchev–Trinajstić information content (AvgIpc) is 2.90. The smallest absolute Gasteiger partial charge is 0.578 e. The van der Waals surface area contributed by atoms with Gasteiger partial charge in [0.25, 0.3) is 4.90 Å². The fourth-order valence-corrected chi connectivity index (χ4v) is 4.78. The first-order valence-corrected chi connectivity index (χ1v) is 10.1. The van der Waals surface area contributed by atoms with E-state index in [2.05, 4.69) is 5.10 Å². The fraction of sp³-hybridized carbons (Fsp3) is 0.231. The first-order valence-electron chi connectivity index (χ1n) is 6.61. The number of alkyl halides is 6. The van der Waals surface area contributed by atoms with Crippen LogP contribution in [0.4, 0.5) is 26.3 Å². The first-order chi connectivity index (χ1) is 12.7. The van der Waals surface area contributed by atoms with Crippen molar-refractivity contribution in [1.82, 2.24) is 9.78 Å². The summed E-state index contributed by atoms with van der Waals surface area (Å²) in [5.74, 6) is 0. The van der Waals surface area contributed by atoms with Gasteiger partial charge in [-0.3, -0.25) is 0 Å². The lowest BCUT2D eigenvalue weighted by molar-refractivity contribution is -0.137. The number of nitrogens with zero attached hydrogens (tertiary/aromatic N) is 3. The predicted molar refractivity (Wildman–Crippen MR) is 88.1 cm³/mol. The second-order valence-electron chi connectivity index (χ2n) is 4.96.